The van der Waals surface area contributed by atoms with Crippen molar-refractivity contribution in [2.24, 2.45) is 4.99 Å². The van der Waals surface area contributed by atoms with E-state index >= 15 is 0 Å². The molecule has 0 unspecified atom stereocenters. The van der Waals surface area contributed by atoms with Gasteiger partial charge in [0.05, 0.1) is 37.1 Å². The minimum absolute atomic E-state index is 0.118. The Morgan fingerprint density at radius 3 is 2.50 bits per heavy atom. The van der Waals surface area contributed by atoms with E-state index in [0.717, 1.165) is 0 Å². The summed E-state index contributed by atoms with van der Waals surface area (Å²) in [4.78, 5) is 40.2. The lowest BCUT2D eigenvalue weighted by molar-refractivity contribution is -0.141. The van der Waals surface area contributed by atoms with Crippen LogP contribution < -0.4 is 5.56 Å². The SMILES string of the molecule is CCOC(=O)CN=C(C)c1c(CC(=O)OC)[nH]n(-c2ccccc2)c1=O. The fraction of sp³-hybridized carbons (Fsp3) is 0.333. The van der Waals surface area contributed by atoms with Gasteiger partial charge < -0.3 is 9.47 Å². The van der Waals surface area contributed by atoms with E-state index in [2.05, 4.69) is 14.8 Å². The van der Waals surface area contributed by atoms with Gasteiger partial charge in [0.1, 0.15) is 6.54 Å². The molecule has 0 saturated carbocycles. The maximum atomic E-state index is 12.9. The number of H-pyrrole nitrogens is 1. The van der Waals surface area contributed by atoms with E-state index < -0.39 is 11.9 Å². The summed E-state index contributed by atoms with van der Waals surface area (Å²) in [6, 6.07) is 8.94. The van der Waals surface area contributed by atoms with E-state index in [1.165, 1.54) is 11.8 Å². The zero-order chi connectivity index (χ0) is 19.1. The summed E-state index contributed by atoms with van der Waals surface area (Å²) in [5, 5.41) is 2.93. The summed E-state index contributed by atoms with van der Waals surface area (Å²) < 4.78 is 10.9. The average Bonchev–Trinajstić information content (AvgIpc) is 2.96. The summed E-state index contributed by atoms with van der Waals surface area (Å²) in [5.74, 6) is -0.980. The van der Waals surface area contributed by atoms with Crippen molar-refractivity contribution in [3.05, 3.63) is 51.9 Å². The van der Waals surface area contributed by atoms with Crippen molar-refractivity contribution in [1.29, 1.82) is 0 Å². The Labute approximate surface area is 150 Å². The second kappa shape index (κ2) is 8.80. The highest BCUT2D eigenvalue weighted by molar-refractivity contribution is 6.01. The van der Waals surface area contributed by atoms with Gasteiger partial charge in [0.25, 0.3) is 5.56 Å². The highest BCUT2D eigenvalue weighted by Crippen LogP contribution is 2.10. The molecule has 1 aromatic heterocycles. The van der Waals surface area contributed by atoms with Gasteiger partial charge >= 0.3 is 11.9 Å². The molecule has 0 spiro atoms. The third-order valence-electron chi connectivity index (χ3n) is 3.64. The predicted octanol–water partition coefficient (Wildman–Crippen LogP) is 1.25. The molecule has 0 radical (unpaired) electrons. The third-order valence-corrected chi connectivity index (χ3v) is 3.64. The van der Waals surface area contributed by atoms with E-state index in [9.17, 15) is 14.4 Å². The molecule has 8 heteroatoms. The Kier molecular flexibility index (Phi) is 6.48. The molecule has 0 fully saturated rings. The van der Waals surface area contributed by atoms with Gasteiger partial charge in [-0.1, -0.05) is 18.2 Å². The largest absolute Gasteiger partial charge is 0.469 e. The lowest BCUT2D eigenvalue weighted by Gasteiger charge is -2.02. The van der Waals surface area contributed by atoms with Crippen LogP contribution in [-0.2, 0) is 25.5 Å². The fourth-order valence-electron chi connectivity index (χ4n) is 2.43. The van der Waals surface area contributed by atoms with Crippen molar-refractivity contribution >= 4 is 17.7 Å². The van der Waals surface area contributed by atoms with Crippen LogP contribution in [0.2, 0.25) is 0 Å². The maximum Gasteiger partial charge on any atom is 0.327 e. The number of aromatic nitrogens is 2. The van der Waals surface area contributed by atoms with E-state index in [1.54, 1.807) is 38.1 Å². The molecule has 0 bridgehead atoms. The van der Waals surface area contributed by atoms with Crippen LogP contribution in [-0.4, -0.2) is 47.7 Å². The van der Waals surface area contributed by atoms with Gasteiger partial charge in [-0.05, 0) is 26.0 Å². The maximum absolute atomic E-state index is 12.9. The Morgan fingerprint density at radius 2 is 1.88 bits per heavy atom. The van der Waals surface area contributed by atoms with Gasteiger partial charge in [0.2, 0.25) is 0 Å². The van der Waals surface area contributed by atoms with Crippen molar-refractivity contribution in [2.75, 3.05) is 20.3 Å². The van der Waals surface area contributed by atoms with Crippen LogP contribution in [0.15, 0.2) is 40.1 Å². The van der Waals surface area contributed by atoms with E-state index in [-0.39, 0.29) is 30.7 Å². The van der Waals surface area contributed by atoms with Crippen molar-refractivity contribution in [3.8, 4) is 5.69 Å². The second-order valence-electron chi connectivity index (χ2n) is 5.40. The number of esters is 2. The Hall–Kier alpha value is -3.16. The first-order valence-corrected chi connectivity index (χ1v) is 8.11. The van der Waals surface area contributed by atoms with E-state index in [1.807, 2.05) is 6.07 Å². The van der Waals surface area contributed by atoms with Crippen molar-refractivity contribution in [2.45, 2.75) is 20.3 Å². The summed E-state index contributed by atoms with van der Waals surface area (Å²) >= 11 is 0. The highest BCUT2D eigenvalue weighted by atomic mass is 16.5. The second-order valence-corrected chi connectivity index (χ2v) is 5.40. The number of para-hydroxylation sites is 1. The topological polar surface area (TPSA) is 103 Å². The minimum atomic E-state index is -0.495. The van der Waals surface area contributed by atoms with Gasteiger partial charge in [-0.2, -0.15) is 0 Å². The molecule has 0 atom stereocenters. The molecule has 0 aliphatic rings. The van der Waals surface area contributed by atoms with E-state index in [4.69, 9.17) is 4.74 Å². The molecule has 0 aliphatic carbocycles. The molecular weight excluding hydrogens is 338 g/mol. The molecule has 0 saturated heterocycles. The van der Waals surface area contributed by atoms with Crippen molar-refractivity contribution in [1.82, 2.24) is 9.78 Å². The average molecular weight is 359 g/mol. The number of hydrogen-bond acceptors (Lipinski definition) is 6. The van der Waals surface area contributed by atoms with Gasteiger partial charge in [-0.15, -0.1) is 0 Å². The van der Waals surface area contributed by atoms with E-state index in [0.29, 0.717) is 17.1 Å². The number of aromatic amines is 1. The summed E-state index contributed by atoms with van der Waals surface area (Å²) in [6.07, 6.45) is -0.118. The molecule has 1 heterocycles. The molecule has 1 N–H and O–H groups in total. The lowest BCUT2D eigenvalue weighted by Crippen LogP contribution is -2.21. The normalized spacial score (nSPS) is 11.3. The number of hydrogen-bond donors (Lipinski definition) is 1. The standard InChI is InChI=1S/C18H21N3O5/c1-4-26-16(23)11-19-12(2)17-14(10-15(22)25-3)20-21(18(17)24)13-8-6-5-7-9-13/h5-9,20H,4,10-11H2,1-3H3. The molecule has 2 rings (SSSR count). The number of carbonyl (C=O) groups excluding carboxylic acids is 2. The third kappa shape index (κ3) is 4.47. The number of nitrogens with one attached hydrogen (secondary N) is 1. The van der Waals surface area contributed by atoms with Crippen LogP contribution in [0.25, 0.3) is 5.69 Å². The number of benzene rings is 1. The van der Waals surface area contributed by atoms with Crippen LogP contribution in [0.1, 0.15) is 25.1 Å². The zero-order valence-electron chi connectivity index (χ0n) is 14.9. The number of rotatable bonds is 7. The predicted molar refractivity (Wildman–Crippen MR) is 95.8 cm³/mol. The molecule has 1 aromatic carbocycles. The number of carbonyl (C=O) groups is 2. The lowest BCUT2D eigenvalue weighted by atomic mass is 10.1. The number of methoxy groups -OCH3 is 1. The molecular formula is C18H21N3O5. The molecule has 0 aliphatic heterocycles. The first-order valence-electron chi connectivity index (χ1n) is 8.11. The van der Waals surface area contributed by atoms with Crippen molar-refractivity contribution in [3.63, 3.8) is 0 Å². The number of aliphatic imine (C=N–C) groups is 1. The quantitative estimate of drug-likeness (QED) is 0.592. The molecule has 0 amide bonds. The summed E-state index contributed by atoms with van der Waals surface area (Å²) in [7, 11) is 1.27. The first-order chi connectivity index (χ1) is 12.5. The minimum Gasteiger partial charge on any atom is -0.469 e. The number of ether oxygens (including phenoxy) is 2. The fourth-order valence-corrected chi connectivity index (χ4v) is 2.43. The molecule has 138 valence electrons. The first kappa shape index (κ1) is 19.2. The van der Waals surface area contributed by atoms with Crippen molar-refractivity contribution < 1.29 is 19.1 Å². The molecule has 8 nitrogen and oxygen atoms in total. The Bertz CT molecular complexity index is 865. The molecule has 2 aromatic rings. The Morgan fingerprint density at radius 1 is 1.19 bits per heavy atom. The van der Waals surface area contributed by atoms with Crippen LogP contribution in [0, 0.1) is 0 Å². The van der Waals surface area contributed by atoms with Crippen LogP contribution in [0.3, 0.4) is 0 Å². The Balaban J connectivity index is 2.46. The highest BCUT2D eigenvalue weighted by Gasteiger charge is 2.20. The van der Waals surface area contributed by atoms with Gasteiger partial charge in [-0.3, -0.25) is 24.5 Å². The smallest absolute Gasteiger partial charge is 0.327 e. The van der Waals surface area contributed by atoms with Crippen LogP contribution in [0.4, 0.5) is 0 Å². The summed E-state index contributed by atoms with van der Waals surface area (Å²) in [5.41, 5.74) is 1.21. The molecule has 26 heavy (non-hydrogen) atoms. The summed E-state index contributed by atoms with van der Waals surface area (Å²) in [6.45, 7) is 3.37. The van der Waals surface area contributed by atoms with Gasteiger partial charge in [0, 0.05) is 5.71 Å². The van der Waals surface area contributed by atoms with Gasteiger partial charge in [0.15, 0.2) is 0 Å². The van der Waals surface area contributed by atoms with Crippen LogP contribution >= 0.6 is 0 Å². The van der Waals surface area contributed by atoms with Crippen LogP contribution in [0.5, 0.6) is 0 Å². The number of nitrogens with zero attached hydrogens (tertiary/aromatic N) is 2. The zero-order valence-corrected chi connectivity index (χ0v) is 14.9. The monoisotopic (exact) mass is 359 g/mol. The van der Waals surface area contributed by atoms with Gasteiger partial charge in [-0.25, -0.2) is 4.68 Å².